The van der Waals surface area contributed by atoms with Crippen LogP contribution in [0.2, 0.25) is 0 Å². The molecule has 0 bridgehead atoms. The highest BCUT2D eigenvalue weighted by atomic mass is 32.2. The minimum Gasteiger partial charge on any atom is -0.368 e. The van der Waals surface area contributed by atoms with Crippen LogP contribution in [-0.4, -0.2) is 28.5 Å². The summed E-state index contributed by atoms with van der Waals surface area (Å²) in [6, 6.07) is 16.8. The van der Waals surface area contributed by atoms with Gasteiger partial charge in [0.15, 0.2) is 0 Å². The van der Waals surface area contributed by atoms with Crippen LogP contribution in [-0.2, 0) is 9.67 Å². The molecule has 110 valence electrons. The average molecular weight is 310 g/mol. The van der Waals surface area contributed by atoms with Crippen molar-refractivity contribution in [1.29, 1.82) is 0 Å². The van der Waals surface area contributed by atoms with Crippen molar-refractivity contribution in [1.82, 2.24) is 4.90 Å². The molecule has 2 heterocycles. The highest BCUT2D eigenvalue weighted by Crippen LogP contribution is 2.57. The van der Waals surface area contributed by atoms with Gasteiger partial charge in [-0.1, -0.05) is 48.5 Å². The lowest BCUT2D eigenvalue weighted by atomic mass is 9.96. The maximum atomic E-state index is 12.9. The quantitative estimate of drug-likeness (QED) is 0.922. The number of amides is 2. The second-order valence-electron chi connectivity index (χ2n) is 5.46. The lowest BCUT2D eigenvalue weighted by molar-refractivity contribution is -0.121. The molecule has 22 heavy (non-hydrogen) atoms. The van der Waals surface area contributed by atoms with Crippen LogP contribution in [0.4, 0.5) is 0 Å². The van der Waals surface area contributed by atoms with Gasteiger partial charge in [0, 0.05) is 16.9 Å². The van der Waals surface area contributed by atoms with Gasteiger partial charge in [0.25, 0.3) is 5.91 Å². The third-order valence-corrected chi connectivity index (χ3v) is 5.89. The Morgan fingerprint density at radius 3 is 2.55 bits per heavy atom. The Morgan fingerprint density at radius 2 is 1.82 bits per heavy atom. The predicted octanol–water partition coefficient (Wildman–Crippen LogP) is 1.94. The third-order valence-electron chi connectivity index (χ3n) is 4.34. The number of fused-ring (bicyclic) bond motifs is 3. The van der Waals surface area contributed by atoms with Crippen LogP contribution in [0.25, 0.3) is 0 Å². The topological polar surface area (TPSA) is 63.4 Å². The molecule has 2 aromatic carbocycles. The fraction of sp³-hybridized carbons (Fsp3) is 0.176. The Balaban J connectivity index is 2.00. The van der Waals surface area contributed by atoms with Gasteiger partial charge in [0.2, 0.25) is 5.91 Å². The van der Waals surface area contributed by atoms with Crippen LogP contribution < -0.4 is 5.73 Å². The van der Waals surface area contributed by atoms with E-state index in [1.807, 2.05) is 54.6 Å². The van der Waals surface area contributed by atoms with Gasteiger partial charge in [-0.2, -0.15) is 0 Å². The summed E-state index contributed by atoms with van der Waals surface area (Å²) in [4.78, 5) is 25.7. The second kappa shape index (κ2) is 4.61. The van der Waals surface area contributed by atoms with Crippen molar-refractivity contribution in [3.8, 4) is 0 Å². The molecular weight excluding hydrogens is 296 g/mol. The van der Waals surface area contributed by atoms with Crippen LogP contribution in [0.15, 0.2) is 54.6 Å². The minimum atomic E-state index is -0.644. The molecule has 4 nitrogen and oxygen atoms in total. The average Bonchev–Trinajstić information content (AvgIpc) is 3.06. The van der Waals surface area contributed by atoms with Crippen molar-refractivity contribution in [3.63, 3.8) is 0 Å². The number of hydrogen-bond donors (Lipinski definition) is 1. The van der Waals surface area contributed by atoms with E-state index in [0.717, 1.165) is 11.1 Å². The monoisotopic (exact) mass is 310 g/mol. The van der Waals surface area contributed by atoms with Gasteiger partial charge < -0.3 is 10.6 Å². The van der Waals surface area contributed by atoms with E-state index in [-0.39, 0.29) is 5.91 Å². The number of rotatable bonds is 2. The lowest BCUT2D eigenvalue weighted by Gasteiger charge is -2.34. The van der Waals surface area contributed by atoms with Crippen molar-refractivity contribution < 1.29 is 9.59 Å². The maximum Gasteiger partial charge on any atom is 0.256 e. The summed E-state index contributed by atoms with van der Waals surface area (Å²) in [5.74, 6) is -0.0516. The molecule has 2 amide bonds. The van der Waals surface area contributed by atoms with Gasteiger partial charge in [0.1, 0.15) is 10.9 Å². The van der Waals surface area contributed by atoms with E-state index in [9.17, 15) is 9.59 Å². The highest BCUT2D eigenvalue weighted by Gasteiger charge is 2.59. The summed E-state index contributed by atoms with van der Waals surface area (Å²) in [5, 5.41) is 0. The molecule has 2 aliphatic heterocycles. The molecule has 5 heteroatoms. The zero-order chi connectivity index (χ0) is 15.3. The van der Waals surface area contributed by atoms with E-state index in [2.05, 4.69) is 0 Å². The standard InChI is InChI=1S/C17H14N2O2S/c18-15(20)14-10-22-17(11-6-2-1-3-7-11)13-9-5-4-8-12(13)16(21)19(14)17/h1-9,14H,10H2,(H2,18,20)/t14-,17+/m0/s1. The van der Waals surface area contributed by atoms with Gasteiger partial charge in [0.05, 0.1) is 0 Å². The zero-order valence-corrected chi connectivity index (χ0v) is 12.5. The minimum absolute atomic E-state index is 0.117. The summed E-state index contributed by atoms with van der Waals surface area (Å²) >= 11 is 1.60. The summed E-state index contributed by atoms with van der Waals surface area (Å²) in [6.45, 7) is 0. The second-order valence-corrected chi connectivity index (χ2v) is 6.67. The molecule has 2 aromatic rings. The van der Waals surface area contributed by atoms with Crippen LogP contribution in [0.5, 0.6) is 0 Å². The van der Waals surface area contributed by atoms with E-state index in [1.165, 1.54) is 0 Å². The Morgan fingerprint density at radius 1 is 1.14 bits per heavy atom. The lowest BCUT2D eigenvalue weighted by Crippen LogP contribution is -2.49. The SMILES string of the molecule is NC(=O)[C@@H]1CS[C@]2(c3ccccc3)c3ccccc3C(=O)N12. The normalized spacial score (nSPS) is 25.9. The van der Waals surface area contributed by atoms with Crippen LogP contribution in [0.3, 0.4) is 0 Å². The Bertz CT molecular complexity index is 777. The molecule has 2 N–H and O–H groups in total. The summed E-state index contributed by atoms with van der Waals surface area (Å²) in [7, 11) is 0. The molecule has 0 radical (unpaired) electrons. The van der Waals surface area contributed by atoms with Crippen LogP contribution in [0.1, 0.15) is 21.5 Å². The first kappa shape index (κ1) is 13.4. The molecule has 1 saturated heterocycles. The Hall–Kier alpha value is -2.27. The molecule has 0 aromatic heterocycles. The molecule has 0 aliphatic carbocycles. The molecule has 0 unspecified atom stereocenters. The Kier molecular flexibility index (Phi) is 2.81. The fourth-order valence-corrected chi connectivity index (χ4v) is 5.10. The summed E-state index contributed by atoms with van der Waals surface area (Å²) < 4.78 is 0. The van der Waals surface area contributed by atoms with Gasteiger partial charge in [-0.25, -0.2) is 0 Å². The number of primary amides is 1. The smallest absolute Gasteiger partial charge is 0.256 e. The first-order valence-corrected chi connectivity index (χ1v) is 8.07. The molecule has 0 spiro atoms. The number of carbonyl (C=O) groups is 2. The largest absolute Gasteiger partial charge is 0.368 e. The highest BCUT2D eigenvalue weighted by molar-refractivity contribution is 8.00. The number of carbonyl (C=O) groups excluding carboxylic acids is 2. The van der Waals surface area contributed by atoms with Crippen molar-refractivity contribution >= 4 is 23.6 Å². The van der Waals surface area contributed by atoms with Gasteiger partial charge in [-0.15, -0.1) is 11.8 Å². The summed E-state index contributed by atoms with van der Waals surface area (Å²) in [6.07, 6.45) is 0. The van der Waals surface area contributed by atoms with Crippen LogP contribution >= 0.6 is 11.8 Å². The van der Waals surface area contributed by atoms with Gasteiger partial charge in [-0.3, -0.25) is 9.59 Å². The molecule has 2 atom stereocenters. The van der Waals surface area contributed by atoms with E-state index in [1.54, 1.807) is 16.7 Å². The van der Waals surface area contributed by atoms with Gasteiger partial charge >= 0.3 is 0 Å². The number of benzene rings is 2. The van der Waals surface area contributed by atoms with Gasteiger partial charge in [-0.05, 0) is 11.6 Å². The van der Waals surface area contributed by atoms with E-state index >= 15 is 0 Å². The van der Waals surface area contributed by atoms with Crippen molar-refractivity contribution in [2.45, 2.75) is 10.9 Å². The fourth-order valence-electron chi connectivity index (χ4n) is 3.40. The molecule has 0 saturated carbocycles. The van der Waals surface area contributed by atoms with E-state index in [4.69, 9.17) is 5.73 Å². The number of nitrogens with two attached hydrogens (primary N) is 1. The molecule has 2 aliphatic rings. The van der Waals surface area contributed by atoms with Crippen LogP contribution in [0, 0.1) is 0 Å². The Labute approximate surface area is 132 Å². The van der Waals surface area contributed by atoms with Crippen molar-refractivity contribution in [2.75, 3.05) is 5.75 Å². The maximum absolute atomic E-state index is 12.9. The number of hydrogen-bond acceptors (Lipinski definition) is 3. The molecule has 1 fully saturated rings. The molecule has 4 rings (SSSR count). The number of thioether (sulfide) groups is 1. The van der Waals surface area contributed by atoms with E-state index in [0.29, 0.717) is 11.3 Å². The zero-order valence-electron chi connectivity index (χ0n) is 11.7. The third kappa shape index (κ3) is 1.54. The predicted molar refractivity (Wildman–Crippen MR) is 85.3 cm³/mol. The summed E-state index contributed by atoms with van der Waals surface area (Å²) in [5.41, 5.74) is 8.15. The molecular formula is C17H14N2O2S. The van der Waals surface area contributed by atoms with Crippen molar-refractivity contribution in [2.24, 2.45) is 5.73 Å². The van der Waals surface area contributed by atoms with E-state index < -0.39 is 16.8 Å². The van der Waals surface area contributed by atoms with Crippen molar-refractivity contribution in [3.05, 3.63) is 71.3 Å². The number of nitrogens with zero attached hydrogens (tertiary/aromatic N) is 1. The first-order chi connectivity index (χ1) is 10.7. The first-order valence-electron chi connectivity index (χ1n) is 7.08.